The first-order valence-electron chi connectivity index (χ1n) is 7.81. The standard InChI is InChI=1S/C17H29N/c1-12(2)4-5-15(18)17-9-13-6-14(10-17)8-16(3,7-13)11-17/h13-15H,1,4-11,18H2,2-3H3. The summed E-state index contributed by atoms with van der Waals surface area (Å²) < 4.78 is 0. The van der Waals surface area contributed by atoms with E-state index < -0.39 is 0 Å². The van der Waals surface area contributed by atoms with Crippen molar-refractivity contribution < 1.29 is 0 Å². The van der Waals surface area contributed by atoms with Gasteiger partial charge in [-0.1, -0.05) is 12.5 Å². The molecule has 0 aromatic rings. The molecule has 0 heterocycles. The second-order valence-electron chi connectivity index (χ2n) is 8.24. The molecule has 1 nitrogen and oxygen atoms in total. The van der Waals surface area contributed by atoms with E-state index in [1.54, 1.807) is 0 Å². The Labute approximate surface area is 112 Å². The molecule has 4 aliphatic rings. The second kappa shape index (κ2) is 4.10. The zero-order valence-corrected chi connectivity index (χ0v) is 12.2. The van der Waals surface area contributed by atoms with Crippen molar-refractivity contribution in [1.29, 1.82) is 0 Å². The first-order chi connectivity index (χ1) is 8.41. The van der Waals surface area contributed by atoms with Crippen molar-refractivity contribution in [2.75, 3.05) is 0 Å². The summed E-state index contributed by atoms with van der Waals surface area (Å²) in [6.07, 6.45) is 11.0. The predicted molar refractivity (Wildman–Crippen MR) is 77.2 cm³/mol. The summed E-state index contributed by atoms with van der Waals surface area (Å²) in [5, 5.41) is 0. The fourth-order valence-electron chi connectivity index (χ4n) is 5.94. The fraction of sp³-hybridized carbons (Fsp3) is 0.882. The van der Waals surface area contributed by atoms with Gasteiger partial charge in [-0.15, -0.1) is 6.58 Å². The third-order valence-electron chi connectivity index (χ3n) is 6.07. The highest BCUT2D eigenvalue weighted by atomic mass is 14.7. The lowest BCUT2D eigenvalue weighted by atomic mass is 9.43. The Hall–Kier alpha value is -0.300. The molecule has 102 valence electrons. The Morgan fingerprint density at radius 1 is 1.28 bits per heavy atom. The van der Waals surface area contributed by atoms with Gasteiger partial charge in [0.05, 0.1) is 0 Å². The van der Waals surface area contributed by atoms with Crippen LogP contribution in [0.2, 0.25) is 0 Å². The summed E-state index contributed by atoms with van der Waals surface area (Å²) in [5.41, 5.74) is 9.06. The number of allylic oxidation sites excluding steroid dienone is 1. The Kier molecular flexibility index (Phi) is 2.89. The molecule has 3 unspecified atom stereocenters. The number of rotatable bonds is 4. The van der Waals surface area contributed by atoms with Crippen molar-refractivity contribution in [3.05, 3.63) is 12.2 Å². The molecule has 0 radical (unpaired) electrons. The summed E-state index contributed by atoms with van der Waals surface area (Å²) in [5.74, 6) is 1.99. The maximum Gasteiger partial charge on any atom is 0.00990 e. The van der Waals surface area contributed by atoms with Gasteiger partial charge in [-0.25, -0.2) is 0 Å². The van der Waals surface area contributed by atoms with Crippen LogP contribution in [0, 0.1) is 22.7 Å². The van der Waals surface area contributed by atoms with Crippen molar-refractivity contribution in [2.45, 2.75) is 71.3 Å². The lowest BCUT2D eigenvalue weighted by Crippen LogP contribution is -2.57. The number of hydrogen-bond acceptors (Lipinski definition) is 1. The average Bonchev–Trinajstić information content (AvgIpc) is 2.22. The molecular formula is C17H29N. The Morgan fingerprint density at radius 2 is 1.89 bits per heavy atom. The Bertz CT molecular complexity index is 343. The summed E-state index contributed by atoms with van der Waals surface area (Å²) in [4.78, 5) is 0. The van der Waals surface area contributed by atoms with E-state index in [1.165, 1.54) is 44.1 Å². The van der Waals surface area contributed by atoms with Gasteiger partial charge in [-0.2, -0.15) is 0 Å². The molecule has 0 aromatic heterocycles. The molecule has 4 saturated carbocycles. The number of nitrogens with two attached hydrogens (primary N) is 1. The Balaban J connectivity index is 1.76. The zero-order valence-electron chi connectivity index (χ0n) is 12.2. The van der Waals surface area contributed by atoms with Crippen LogP contribution >= 0.6 is 0 Å². The van der Waals surface area contributed by atoms with E-state index in [0.29, 0.717) is 16.9 Å². The molecule has 0 saturated heterocycles. The second-order valence-corrected chi connectivity index (χ2v) is 8.24. The van der Waals surface area contributed by atoms with Gasteiger partial charge < -0.3 is 5.73 Å². The van der Waals surface area contributed by atoms with Crippen LogP contribution in [0.1, 0.15) is 65.2 Å². The smallest absolute Gasteiger partial charge is 0.00990 e. The Morgan fingerprint density at radius 3 is 2.39 bits per heavy atom. The molecule has 0 aliphatic heterocycles. The van der Waals surface area contributed by atoms with Crippen LogP contribution < -0.4 is 5.73 Å². The monoisotopic (exact) mass is 247 g/mol. The van der Waals surface area contributed by atoms with Crippen LogP contribution in [0.25, 0.3) is 0 Å². The van der Waals surface area contributed by atoms with Gasteiger partial charge in [0.1, 0.15) is 0 Å². The quantitative estimate of drug-likeness (QED) is 0.737. The maximum absolute atomic E-state index is 6.64. The fourth-order valence-corrected chi connectivity index (χ4v) is 5.94. The summed E-state index contributed by atoms with van der Waals surface area (Å²) in [6, 6.07) is 0.416. The van der Waals surface area contributed by atoms with E-state index in [2.05, 4.69) is 20.4 Å². The molecular weight excluding hydrogens is 218 g/mol. The van der Waals surface area contributed by atoms with Gasteiger partial charge in [0, 0.05) is 6.04 Å². The van der Waals surface area contributed by atoms with E-state index in [1.807, 2.05) is 0 Å². The van der Waals surface area contributed by atoms with Gasteiger partial charge in [-0.3, -0.25) is 0 Å². The molecule has 4 bridgehead atoms. The van der Waals surface area contributed by atoms with Gasteiger partial charge >= 0.3 is 0 Å². The number of hydrogen-bond donors (Lipinski definition) is 1. The van der Waals surface area contributed by atoms with Crippen molar-refractivity contribution in [2.24, 2.45) is 28.4 Å². The molecule has 4 rings (SSSR count). The molecule has 2 N–H and O–H groups in total. The van der Waals surface area contributed by atoms with Crippen LogP contribution in [0.4, 0.5) is 0 Å². The maximum atomic E-state index is 6.64. The third kappa shape index (κ3) is 2.05. The topological polar surface area (TPSA) is 26.0 Å². The van der Waals surface area contributed by atoms with Crippen molar-refractivity contribution >= 4 is 0 Å². The summed E-state index contributed by atoms with van der Waals surface area (Å²) in [7, 11) is 0. The molecule has 0 aromatic carbocycles. The molecule has 4 aliphatic carbocycles. The normalized spacial score (nSPS) is 47.3. The van der Waals surface area contributed by atoms with Crippen molar-refractivity contribution in [1.82, 2.24) is 0 Å². The third-order valence-corrected chi connectivity index (χ3v) is 6.07. The molecule has 4 fully saturated rings. The highest BCUT2D eigenvalue weighted by Crippen LogP contribution is 2.66. The van der Waals surface area contributed by atoms with E-state index in [0.717, 1.165) is 24.7 Å². The highest BCUT2D eigenvalue weighted by Gasteiger charge is 2.57. The molecule has 3 atom stereocenters. The van der Waals surface area contributed by atoms with Gasteiger partial charge in [0.2, 0.25) is 0 Å². The summed E-state index contributed by atoms with van der Waals surface area (Å²) >= 11 is 0. The lowest BCUT2D eigenvalue weighted by molar-refractivity contribution is -0.113. The van der Waals surface area contributed by atoms with Crippen LogP contribution in [-0.4, -0.2) is 6.04 Å². The largest absolute Gasteiger partial charge is 0.327 e. The van der Waals surface area contributed by atoms with Crippen LogP contribution in [0.3, 0.4) is 0 Å². The van der Waals surface area contributed by atoms with Crippen molar-refractivity contribution in [3.8, 4) is 0 Å². The minimum Gasteiger partial charge on any atom is -0.327 e. The molecule has 0 amide bonds. The van der Waals surface area contributed by atoms with E-state index in [-0.39, 0.29) is 0 Å². The predicted octanol–water partition coefficient (Wildman–Crippen LogP) is 4.28. The van der Waals surface area contributed by atoms with E-state index in [4.69, 9.17) is 5.73 Å². The van der Waals surface area contributed by atoms with Gasteiger partial charge in [-0.05, 0) is 81.0 Å². The molecule has 0 spiro atoms. The van der Waals surface area contributed by atoms with Crippen LogP contribution in [-0.2, 0) is 0 Å². The van der Waals surface area contributed by atoms with Crippen LogP contribution in [0.5, 0.6) is 0 Å². The first-order valence-corrected chi connectivity index (χ1v) is 7.81. The van der Waals surface area contributed by atoms with Gasteiger partial charge in [0.25, 0.3) is 0 Å². The van der Waals surface area contributed by atoms with E-state index >= 15 is 0 Å². The minimum absolute atomic E-state index is 0.416. The van der Waals surface area contributed by atoms with Gasteiger partial charge in [0.15, 0.2) is 0 Å². The van der Waals surface area contributed by atoms with E-state index in [9.17, 15) is 0 Å². The zero-order chi connectivity index (χ0) is 13.0. The first kappa shape index (κ1) is 12.7. The minimum atomic E-state index is 0.416. The highest BCUT2D eigenvalue weighted by molar-refractivity contribution is 5.09. The lowest BCUT2D eigenvalue weighted by Gasteiger charge is -2.63. The SMILES string of the molecule is C=C(C)CCC(N)C12CC3CC(CC(C)(C3)C1)C2. The average molecular weight is 247 g/mol. The molecule has 1 heteroatoms. The van der Waals surface area contributed by atoms with Crippen LogP contribution in [0.15, 0.2) is 12.2 Å². The van der Waals surface area contributed by atoms with Crippen molar-refractivity contribution in [3.63, 3.8) is 0 Å². The summed E-state index contributed by atoms with van der Waals surface area (Å²) in [6.45, 7) is 8.70. The molecule has 18 heavy (non-hydrogen) atoms.